The predicted molar refractivity (Wildman–Crippen MR) is 72.3 cm³/mol. The first-order chi connectivity index (χ1) is 9.60. The lowest BCUT2D eigenvalue weighted by Crippen LogP contribution is -2.24. The van der Waals surface area contributed by atoms with Gasteiger partial charge in [0.2, 0.25) is 11.7 Å². The predicted octanol–water partition coefficient (Wildman–Crippen LogP) is 2.56. The van der Waals surface area contributed by atoms with Crippen LogP contribution in [0.4, 0.5) is 15.8 Å². The van der Waals surface area contributed by atoms with Crippen LogP contribution in [0.1, 0.15) is 26.7 Å². The maximum atomic E-state index is 13.2. The monoisotopic (exact) mass is 298 g/mol. The van der Waals surface area contributed by atoms with Crippen LogP contribution in [0.3, 0.4) is 0 Å². The highest BCUT2D eigenvalue weighted by atomic mass is 19.1. The summed E-state index contributed by atoms with van der Waals surface area (Å²) in [5.41, 5.74) is -1.42. The average Bonchev–Trinajstić information content (AvgIpc) is 2.28. The van der Waals surface area contributed by atoms with Crippen molar-refractivity contribution in [1.82, 2.24) is 0 Å². The van der Waals surface area contributed by atoms with E-state index in [0.717, 1.165) is 12.1 Å². The molecule has 0 aliphatic rings. The number of carboxylic acids is 1. The van der Waals surface area contributed by atoms with Crippen molar-refractivity contribution in [3.05, 3.63) is 34.1 Å². The normalized spacial score (nSPS) is 11.0. The van der Waals surface area contributed by atoms with Crippen molar-refractivity contribution in [2.75, 3.05) is 5.32 Å². The van der Waals surface area contributed by atoms with Gasteiger partial charge in [-0.3, -0.25) is 19.7 Å². The van der Waals surface area contributed by atoms with E-state index in [9.17, 15) is 24.1 Å². The number of rotatable bonds is 6. The third-order valence-corrected chi connectivity index (χ3v) is 2.70. The van der Waals surface area contributed by atoms with Gasteiger partial charge in [-0.2, -0.15) is 4.39 Å². The molecule has 8 heteroatoms. The van der Waals surface area contributed by atoms with E-state index in [2.05, 4.69) is 5.32 Å². The molecule has 21 heavy (non-hydrogen) atoms. The minimum atomic E-state index is -1.02. The van der Waals surface area contributed by atoms with E-state index in [1.54, 1.807) is 13.8 Å². The Morgan fingerprint density at radius 3 is 2.52 bits per heavy atom. The molecule has 0 aliphatic heterocycles. The van der Waals surface area contributed by atoms with Crippen molar-refractivity contribution in [3.63, 3.8) is 0 Å². The molecule has 7 nitrogen and oxygen atoms in total. The van der Waals surface area contributed by atoms with Crippen LogP contribution in [0, 0.1) is 21.3 Å². The Balaban J connectivity index is 2.78. The maximum absolute atomic E-state index is 13.2. The van der Waals surface area contributed by atoms with E-state index in [-0.39, 0.29) is 18.5 Å². The number of carboxylic acid groups (broad SMARTS) is 1. The number of nitrogens with zero attached hydrogens (tertiary/aromatic N) is 1. The molecule has 114 valence electrons. The van der Waals surface area contributed by atoms with E-state index in [0.29, 0.717) is 0 Å². The number of anilines is 1. The lowest BCUT2D eigenvalue weighted by molar-refractivity contribution is -0.387. The highest BCUT2D eigenvalue weighted by molar-refractivity contribution is 5.91. The van der Waals surface area contributed by atoms with Crippen molar-refractivity contribution in [3.8, 4) is 0 Å². The Morgan fingerprint density at radius 2 is 2.00 bits per heavy atom. The maximum Gasteiger partial charge on any atom is 0.306 e. The number of carbonyl (C=O) groups excluding carboxylic acids is 1. The summed E-state index contributed by atoms with van der Waals surface area (Å²) < 4.78 is 13.2. The van der Waals surface area contributed by atoms with E-state index in [1.165, 1.54) is 6.07 Å². The number of nitro groups is 1. The van der Waals surface area contributed by atoms with Gasteiger partial charge in [-0.25, -0.2) is 0 Å². The number of benzene rings is 1. The minimum Gasteiger partial charge on any atom is -0.481 e. The summed E-state index contributed by atoms with van der Waals surface area (Å²) in [6.45, 7) is 3.24. The molecule has 0 unspecified atom stereocenters. The molecular formula is C13H15FN2O5. The number of amides is 1. The van der Waals surface area contributed by atoms with Crippen LogP contribution < -0.4 is 5.32 Å². The second-order valence-electron chi connectivity index (χ2n) is 5.38. The van der Waals surface area contributed by atoms with Gasteiger partial charge in [0.1, 0.15) is 0 Å². The molecule has 2 N–H and O–H groups in total. The third-order valence-electron chi connectivity index (χ3n) is 2.70. The second-order valence-corrected chi connectivity index (χ2v) is 5.38. The standard InChI is InChI=1S/C13H15FN2O5/c1-13(2,7-12(18)19)6-11(17)15-8-3-4-9(14)10(5-8)16(20)21/h3-5H,6-7H2,1-2H3,(H,15,17)(H,18,19). The summed E-state index contributed by atoms with van der Waals surface area (Å²) in [6, 6.07) is 3.00. The summed E-state index contributed by atoms with van der Waals surface area (Å²) >= 11 is 0. The topological polar surface area (TPSA) is 110 Å². The van der Waals surface area contributed by atoms with Gasteiger partial charge >= 0.3 is 11.7 Å². The van der Waals surface area contributed by atoms with Gasteiger partial charge < -0.3 is 10.4 Å². The summed E-state index contributed by atoms with van der Waals surface area (Å²) in [5, 5.41) is 21.7. The molecule has 1 rings (SSSR count). The molecule has 0 aromatic heterocycles. The fourth-order valence-electron chi connectivity index (χ4n) is 1.84. The van der Waals surface area contributed by atoms with Crippen LogP contribution in [-0.2, 0) is 9.59 Å². The van der Waals surface area contributed by atoms with Crippen LogP contribution in [0.2, 0.25) is 0 Å². The largest absolute Gasteiger partial charge is 0.481 e. The van der Waals surface area contributed by atoms with Crippen molar-refractivity contribution in [2.45, 2.75) is 26.7 Å². The summed E-state index contributed by atoms with van der Waals surface area (Å²) in [7, 11) is 0. The smallest absolute Gasteiger partial charge is 0.306 e. The number of aliphatic carboxylic acids is 1. The fourth-order valence-corrected chi connectivity index (χ4v) is 1.84. The van der Waals surface area contributed by atoms with Crippen LogP contribution >= 0.6 is 0 Å². The molecule has 0 heterocycles. The van der Waals surface area contributed by atoms with E-state index < -0.39 is 33.7 Å². The summed E-state index contributed by atoms with van der Waals surface area (Å²) in [6.07, 6.45) is -0.269. The van der Waals surface area contributed by atoms with Crippen LogP contribution in [-0.4, -0.2) is 21.9 Å². The van der Waals surface area contributed by atoms with Crippen LogP contribution in [0.25, 0.3) is 0 Å². The molecule has 1 amide bonds. The number of hydrogen-bond donors (Lipinski definition) is 2. The SMILES string of the molecule is CC(C)(CC(=O)O)CC(=O)Nc1ccc(F)c([N+](=O)[O-])c1. The number of hydrogen-bond acceptors (Lipinski definition) is 4. The molecule has 1 aromatic carbocycles. The molecule has 0 saturated heterocycles. The lowest BCUT2D eigenvalue weighted by Gasteiger charge is -2.21. The Bertz CT molecular complexity index is 586. The first-order valence-electron chi connectivity index (χ1n) is 6.06. The minimum absolute atomic E-state index is 0.0789. The van der Waals surface area contributed by atoms with Crippen molar-refractivity contribution < 1.29 is 24.0 Å². The molecule has 0 fully saturated rings. The van der Waals surface area contributed by atoms with E-state index in [4.69, 9.17) is 5.11 Å². The Hall–Kier alpha value is -2.51. The zero-order valence-electron chi connectivity index (χ0n) is 11.6. The molecule has 0 saturated carbocycles. The van der Waals surface area contributed by atoms with Crippen LogP contribution in [0.5, 0.6) is 0 Å². The van der Waals surface area contributed by atoms with Gasteiger partial charge in [0.15, 0.2) is 0 Å². The van der Waals surface area contributed by atoms with E-state index >= 15 is 0 Å². The van der Waals surface area contributed by atoms with Crippen LogP contribution in [0.15, 0.2) is 18.2 Å². The van der Waals surface area contributed by atoms with Crippen molar-refractivity contribution >= 4 is 23.3 Å². The lowest BCUT2D eigenvalue weighted by atomic mass is 9.85. The number of carbonyl (C=O) groups is 2. The van der Waals surface area contributed by atoms with Crippen molar-refractivity contribution in [2.24, 2.45) is 5.41 Å². The Labute approximate surface area is 119 Å². The second kappa shape index (κ2) is 6.29. The molecular weight excluding hydrogens is 283 g/mol. The average molecular weight is 298 g/mol. The van der Waals surface area contributed by atoms with Gasteiger partial charge in [-0.05, 0) is 17.5 Å². The van der Waals surface area contributed by atoms with Gasteiger partial charge in [-0.15, -0.1) is 0 Å². The number of halogens is 1. The molecule has 0 bridgehead atoms. The zero-order chi connectivity index (χ0) is 16.2. The first kappa shape index (κ1) is 16.5. The Kier molecular flexibility index (Phi) is 4.96. The first-order valence-corrected chi connectivity index (χ1v) is 6.06. The summed E-state index contributed by atoms with van der Waals surface area (Å²) in [5.74, 6) is -2.52. The molecule has 0 radical (unpaired) electrons. The number of nitrogens with one attached hydrogen (secondary N) is 1. The molecule has 0 atom stereocenters. The van der Waals surface area contributed by atoms with Gasteiger partial charge in [0, 0.05) is 18.2 Å². The number of nitro benzene ring substituents is 1. The highest BCUT2D eigenvalue weighted by Gasteiger charge is 2.25. The Morgan fingerprint density at radius 1 is 1.38 bits per heavy atom. The fraction of sp³-hybridized carbons (Fsp3) is 0.385. The van der Waals surface area contributed by atoms with Gasteiger partial charge in [0.25, 0.3) is 0 Å². The third kappa shape index (κ3) is 5.17. The van der Waals surface area contributed by atoms with Crippen molar-refractivity contribution in [1.29, 1.82) is 0 Å². The van der Waals surface area contributed by atoms with Gasteiger partial charge in [-0.1, -0.05) is 13.8 Å². The quantitative estimate of drug-likeness (QED) is 0.619. The van der Waals surface area contributed by atoms with E-state index in [1.807, 2.05) is 0 Å². The molecule has 1 aromatic rings. The molecule has 0 aliphatic carbocycles. The molecule has 0 spiro atoms. The highest BCUT2D eigenvalue weighted by Crippen LogP contribution is 2.26. The van der Waals surface area contributed by atoms with Gasteiger partial charge in [0.05, 0.1) is 11.3 Å². The zero-order valence-corrected chi connectivity index (χ0v) is 11.6. The summed E-state index contributed by atoms with van der Waals surface area (Å²) in [4.78, 5) is 32.2.